The molecule has 0 unspecified atom stereocenters. The smallest absolute Gasteiger partial charge is 0.244 e. The molecule has 0 atom stereocenters. The second-order valence-corrected chi connectivity index (χ2v) is 7.03. The van der Waals surface area contributed by atoms with Crippen LogP contribution in [0.5, 0.6) is 0 Å². The second kappa shape index (κ2) is 6.60. The van der Waals surface area contributed by atoms with Crippen molar-refractivity contribution in [1.29, 1.82) is 0 Å². The molecule has 1 aliphatic heterocycles. The topological polar surface area (TPSA) is 44.4 Å². The van der Waals surface area contributed by atoms with Gasteiger partial charge in [-0.05, 0) is 54.6 Å². The van der Waals surface area contributed by atoms with Gasteiger partial charge in [0.2, 0.25) is 5.91 Å². The van der Waals surface area contributed by atoms with Crippen molar-refractivity contribution in [3.63, 3.8) is 0 Å². The van der Waals surface area contributed by atoms with Crippen molar-refractivity contribution in [3.8, 4) is 0 Å². The molecule has 1 aromatic carbocycles. The van der Waals surface area contributed by atoms with Crippen LogP contribution in [0.15, 0.2) is 18.2 Å². The average molecular weight is 408 g/mol. The van der Waals surface area contributed by atoms with Gasteiger partial charge in [0.25, 0.3) is 0 Å². The molecular weight excluding hydrogens is 389 g/mol. The van der Waals surface area contributed by atoms with Gasteiger partial charge in [-0.15, -0.1) is 0 Å². The summed E-state index contributed by atoms with van der Waals surface area (Å²) in [6.07, 6.45) is 0. The maximum atomic E-state index is 12.5. The van der Waals surface area contributed by atoms with Gasteiger partial charge in [0.15, 0.2) is 0 Å². The number of hydrogen-bond acceptors (Lipinski definition) is 3. The highest BCUT2D eigenvalue weighted by atomic mass is 127. The first-order valence-electron chi connectivity index (χ1n) is 6.63. The van der Waals surface area contributed by atoms with Gasteiger partial charge < -0.3 is 10.6 Å². The Morgan fingerprint density at radius 2 is 2.05 bits per heavy atom. The molecule has 1 amide bonds. The molecule has 1 fully saturated rings. The highest BCUT2D eigenvalue weighted by Crippen LogP contribution is 2.26. The Labute approximate surface area is 138 Å². The summed E-state index contributed by atoms with van der Waals surface area (Å²) in [5.74, 6) is -0.0255. The SMILES string of the molecule is CC(C)(C(=O)Nc1ccc(I)cc1Cl)N1CCNCC1. The van der Waals surface area contributed by atoms with Gasteiger partial charge in [-0.3, -0.25) is 9.69 Å². The molecule has 1 aliphatic rings. The third-order valence-corrected chi connectivity index (χ3v) is 4.63. The zero-order valence-electron chi connectivity index (χ0n) is 11.7. The molecule has 0 aliphatic carbocycles. The summed E-state index contributed by atoms with van der Waals surface area (Å²) in [6.45, 7) is 7.49. The predicted molar refractivity (Wildman–Crippen MR) is 91.3 cm³/mol. The summed E-state index contributed by atoms with van der Waals surface area (Å²) in [7, 11) is 0. The first-order chi connectivity index (χ1) is 9.41. The molecule has 2 rings (SSSR count). The molecule has 0 saturated carbocycles. The van der Waals surface area contributed by atoms with E-state index in [2.05, 4.69) is 38.1 Å². The normalized spacial score (nSPS) is 17.0. The van der Waals surface area contributed by atoms with Crippen LogP contribution in [0.25, 0.3) is 0 Å². The lowest BCUT2D eigenvalue weighted by atomic mass is 10.0. The van der Waals surface area contributed by atoms with Crippen molar-refractivity contribution in [2.24, 2.45) is 0 Å². The first-order valence-corrected chi connectivity index (χ1v) is 8.09. The largest absolute Gasteiger partial charge is 0.323 e. The number of anilines is 1. The molecule has 0 bridgehead atoms. The third kappa shape index (κ3) is 3.63. The van der Waals surface area contributed by atoms with E-state index in [0.29, 0.717) is 10.7 Å². The molecule has 20 heavy (non-hydrogen) atoms. The van der Waals surface area contributed by atoms with Crippen LogP contribution in [0.3, 0.4) is 0 Å². The van der Waals surface area contributed by atoms with Crippen molar-refractivity contribution in [2.75, 3.05) is 31.5 Å². The zero-order chi connectivity index (χ0) is 14.8. The number of benzene rings is 1. The summed E-state index contributed by atoms with van der Waals surface area (Å²) < 4.78 is 1.05. The van der Waals surface area contributed by atoms with Crippen molar-refractivity contribution in [2.45, 2.75) is 19.4 Å². The van der Waals surface area contributed by atoms with Gasteiger partial charge in [-0.25, -0.2) is 0 Å². The minimum Gasteiger partial charge on any atom is -0.323 e. The Kier molecular flexibility index (Phi) is 5.28. The summed E-state index contributed by atoms with van der Waals surface area (Å²) in [4.78, 5) is 14.7. The second-order valence-electron chi connectivity index (χ2n) is 5.37. The number of amides is 1. The minimum atomic E-state index is -0.547. The van der Waals surface area contributed by atoms with E-state index in [1.54, 1.807) is 0 Å². The van der Waals surface area contributed by atoms with Crippen molar-refractivity contribution in [3.05, 3.63) is 26.8 Å². The van der Waals surface area contributed by atoms with Crippen LogP contribution in [-0.4, -0.2) is 42.5 Å². The highest BCUT2D eigenvalue weighted by Gasteiger charge is 2.35. The number of carbonyl (C=O) groups is 1. The molecule has 4 nitrogen and oxygen atoms in total. The van der Waals surface area contributed by atoms with E-state index < -0.39 is 5.54 Å². The van der Waals surface area contributed by atoms with E-state index in [1.165, 1.54) is 0 Å². The van der Waals surface area contributed by atoms with Gasteiger partial charge in [-0.1, -0.05) is 11.6 Å². The number of nitrogens with zero attached hydrogens (tertiary/aromatic N) is 1. The summed E-state index contributed by atoms with van der Waals surface area (Å²) >= 11 is 8.36. The summed E-state index contributed by atoms with van der Waals surface area (Å²) in [5, 5.41) is 6.80. The van der Waals surface area contributed by atoms with Crippen LogP contribution >= 0.6 is 34.2 Å². The van der Waals surface area contributed by atoms with Gasteiger partial charge in [-0.2, -0.15) is 0 Å². The highest BCUT2D eigenvalue weighted by molar-refractivity contribution is 14.1. The molecule has 0 aromatic heterocycles. The number of carbonyl (C=O) groups excluding carboxylic acids is 1. The Balaban J connectivity index is 2.09. The van der Waals surface area contributed by atoms with E-state index in [0.717, 1.165) is 29.7 Å². The Hall–Kier alpha value is -0.370. The van der Waals surface area contributed by atoms with E-state index in [4.69, 9.17) is 11.6 Å². The van der Waals surface area contributed by atoms with Crippen LogP contribution in [0.1, 0.15) is 13.8 Å². The van der Waals surface area contributed by atoms with Gasteiger partial charge in [0.05, 0.1) is 16.2 Å². The Morgan fingerprint density at radius 3 is 2.65 bits per heavy atom. The van der Waals surface area contributed by atoms with Crippen molar-refractivity contribution >= 4 is 45.8 Å². The molecule has 2 N–H and O–H groups in total. The van der Waals surface area contributed by atoms with Crippen molar-refractivity contribution in [1.82, 2.24) is 10.2 Å². The molecule has 1 heterocycles. The third-order valence-electron chi connectivity index (χ3n) is 3.64. The number of hydrogen-bond donors (Lipinski definition) is 2. The van der Waals surface area contributed by atoms with Crippen molar-refractivity contribution < 1.29 is 4.79 Å². The fraction of sp³-hybridized carbons (Fsp3) is 0.500. The van der Waals surface area contributed by atoms with E-state index in [9.17, 15) is 4.79 Å². The van der Waals surface area contributed by atoms with Crippen LogP contribution < -0.4 is 10.6 Å². The molecule has 1 aromatic rings. The number of halogens is 2. The molecule has 0 spiro atoms. The van der Waals surface area contributed by atoms with Gasteiger partial charge in [0.1, 0.15) is 0 Å². The molecule has 110 valence electrons. The molecule has 1 saturated heterocycles. The molecule has 6 heteroatoms. The number of piperazine rings is 1. The zero-order valence-corrected chi connectivity index (χ0v) is 14.6. The Bertz CT molecular complexity index is 501. The minimum absolute atomic E-state index is 0.0255. The van der Waals surface area contributed by atoms with Gasteiger partial charge >= 0.3 is 0 Å². The Morgan fingerprint density at radius 1 is 1.40 bits per heavy atom. The molecular formula is C14H19ClIN3O. The maximum Gasteiger partial charge on any atom is 0.244 e. The fourth-order valence-electron chi connectivity index (χ4n) is 2.23. The fourth-order valence-corrected chi connectivity index (χ4v) is 3.14. The lowest BCUT2D eigenvalue weighted by Gasteiger charge is -2.39. The van der Waals surface area contributed by atoms with Crippen LogP contribution in [0.2, 0.25) is 5.02 Å². The van der Waals surface area contributed by atoms with E-state index in [-0.39, 0.29) is 5.91 Å². The predicted octanol–water partition coefficient (Wildman–Crippen LogP) is 2.57. The summed E-state index contributed by atoms with van der Waals surface area (Å²) in [5.41, 5.74) is 0.120. The first kappa shape index (κ1) is 16.0. The standard InChI is InChI=1S/C14H19ClIN3O/c1-14(2,19-7-5-17-6-8-19)13(20)18-12-4-3-10(16)9-11(12)15/h3-4,9,17H,5-8H2,1-2H3,(H,18,20). The van der Waals surface area contributed by atoms with Gasteiger partial charge in [0, 0.05) is 29.7 Å². The lowest BCUT2D eigenvalue weighted by Crippen LogP contribution is -2.58. The lowest BCUT2D eigenvalue weighted by molar-refractivity contribution is -0.126. The van der Waals surface area contributed by atoms with Crippen LogP contribution in [0, 0.1) is 3.57 Å². The number of rotatable bonds is 3. The monoisotopic (exact) mass is 407 g/mol. The number of nitrogens with one attached hydrogen (secondary N) is 2. The van der Waals surface area contributed by atoms with Crippen LogP contribution in [-0.2, 0) is 4.79 Å². The average Bonchev–Trinajstić information content (AvgIpc) is 2.42. The maximum absolute atomic E-state index is 12.5. The van der Waals surface area contributed by atoms with E-state index >= 15 is 0 Å². The summed E-state index contributed by atoms with van der Waals surface area (Å²) in [6, 6.07) is 5.62. The quantitative estimate of drug-likeness (QED) is 0.757. The van der Waals surface area contributed by atoms with E-state index in [1.807, 2.05) is 32.0 Å². The molecule has 0 radical (unpaired) electrons. The van der Waals surface area contributed by atoms with Crippen LogP contribution in [0.4, 0.5) is 5.69 Å².